The molecule has 0 aliphatic heterocycles. The Hall–Kier alpha value is -1.12. The summed E-state index contributed by atoms with van der Waals surface area (Å²) in [5.74, 6) is 0. The average molecular weight is 308 g/mol. The SMILES string of the molecule is NC1CCCC1NS(=O)(=O)c1ccc(C(F)(F)F)cc1. The van der Waals surface area contributed by atoms with Gasteiger partial charge in [0, 0.05) is 12.1 Å². The first-order chi connectivity index (χ1) is 9.20. The van der Waals surface area contributed by atoms with Crippen molar-refractivity contribution in [2.45, 2.75) is 42.4 Å². The zero-order chi connectivity index (χ0) is 15.0. The second-order valence-corrected chi connectivity index (χ2v) is 6.56. The number of hydrogen-bond donors (Lipinski definition) is 2. The molecular formula is C12H15F3N2O2S. The molecule has 8 heteroatoms. The summed E-state index contributed by atoms with van der Waals surface area (Å²) in [5.41, 5.74) is 4.89. The number of halogens is 3. The van der Waals surface area contributed by atoms with Crippen molar-refractivity contribution in [1.82, 2.24) is 4.72 Å². The van der Waals surface area contributed by atoms with Crippen LogP contribution in [0.4, 0.5) is 13.2 Å². The van der Waals surface area contributed by atoms with Crippen molar-refractivity contribution in [2.24, 2.45) is 5.73 Å². The van der Waals surface area contributed by atoms with E-state index in [1.54, 1.807) is 0 Å². The maximum Gasteiger partial charge on any atom is 0.416 e. The van der Waals surface area contributed by atoms with Gasteiger partial charge in [-0.3, -0.25) is 0 Å². The third-order valence-electron chi connectivity index (χ3n) is 3.37. The minimum atomic E-state index is -4.48. The quantitative estimate of drug-likeness (QED) is 0.895. The van der Waals surface area contributed by atoms with Gasteiger partial charge in [-0.05, 0) is 37.1 Å². The van der Waals surface area contributed by atoms with Crippen LogP contribution in [0.1, 0.15) is 24.8 Å². The van der Waals surface area contributed by atoms with Crippen molar-refractivity contribution in [3.05, 3.63) is 29.8 Å². The largest absolute Gasteiger partial charge is 0.416 e. The van der Waals surface area contributed by atoms with Crippen LogP contribution in [0, 0.1) is 0 Å². The van der Waals surface area contributed by atoms with Crippen molar-refractivity contribution in [3.63, 3.8) is 0 Å². The number of sulfonamides is 1. The molecule has 2 rings (SSSR count). The molecule has 0 radical (unpaired) electrons. The van der Waals surface area contributed by atoms with E-state index in [0.717, 1.165) is 37.1 Å². The maximum absolute atomic E-state index is 12.4. The molecule has 0 amide bonds. The van der Waals surface area contributed by atoms with E-state index in [9.17, 15) is 21.6 Å². The first kappa shape index (κ1) is 15.3. The lowest BCUT2D eigenvalue weighted by Gasteiger charge is -2.17. The minimum absolute atomic E-state index is 0.190. The summed E-state index contributed by atoms with van der Waals surface area (Å²) >= 11 is 0. The molecular weight excluding hydrogens is 293 g/mol. The summed E-state index contributed by atoms with van der Waals surface area (Å²) in [6, 6.07) is 2.80. The van der Waals surface area contributed by atoms with Crippen LogP contribution in [0.2, 0.25) is 0 Å². The second kappa shape index (κ2) is 5.34. The summed E-state index contributed by atoms with van der Waals surface area (Å²) in [4.78, 5) is -0.190. The van der Waals surface area contributed by atoms with Gasteiger partial charge in [0.25, 0.3) is 0 Å². The number of nitrogens with two attached hydrogens (primary N) is 1. The highest BCUT2D eigenvalue weighted by atomic mass is 32.2. The maximum atomic E-state index is 12.4. The fourth-order valence-electron chi connectivity index (χ4n) is 2.23. The van der Waals surface area contributed by atoms with Crippen molar-refractivity contribution < 1.29 is 21.6 Å². The highest BCUT2D eigenvalue weighted by Crippen LogP contribution is 2.30. The Kier molecular flexibility index (Phi) is 4.08. The summed E-state index contributed by atoms with van der Waals surface area (Å²) in [7, 11) is -3.84. The number of alkyl halides is 3. The van der Waals surface area contributed by atoms with Crippen LogP contribution in [-0.2, 0) is 16.2 Å². The molecule has 1 aliphatic carbocycles. The van der Waals surface area contributed by atoms with Crippen LogP contribution in [0.15, 0.2) is 29.2 Å². The standard InChI is InChI=1S/C12H15F3N2O2S/c13-12(14,15)8-4-6-9(7-5-8)20(18,19)17-11-3-1-2-10(11)16/h4-7,10-11,17H,1-3,16H2. The molecule has 112 valence electrons. The van der Waals surface area contributed by atoms with Crippen LogP contribution in [0.25, 0.3) is 0 Å². The van der Waals surface area contributed by atoms with E-state index >= 15 is 0 Å². The predicted molar refractivity (Wildman–Crippen MR) is 67.4 cm³/mol. The lowest BCUT2D eigenvalue weighted by Crippen LogP contribution is -2.43. The van der Waals surface area contributed by atoms with Gasteiger partial charge in [-0.15, -0.1) is 0 Å². The zero-order valence-corrected chi connectivity index (χ0v) is 11.3. The molecule has 2 unspecified atom stereocenters. The molecule has 0 saturated heterocycles. The van der Waals surface area contributed by atoms with Gasteiger partial charge in [-0.25, -0.2) is 13.1 Å². The minimum Gasteiger partial charge on any atom is -0.326 e. The Balaban J connectivity index is 2.17. The monoisotopic (exact) mass is 308 g/mol. The number of nitrogens with one attached hydrogen (secondary N) is 1. The molecule has 1 aromatic carbocycles. The van der Waals surface area contributed by atoms with Gasteiger partial charge in [-0.2, -0.15) is 13.2 Å². The molecule has 0 spiro atoms. The van der Waals surface area contributed by atoms with Crippen molar-refractivity contribution >= 4 is 10.0 Å². The highest BCUT2D eigenvalue weighted by molar-refractivity contribution is 7.89. The molecule has 1 aromatic rings. The first-order valence-electron chi connectivity index (χ1n) is 6.15. The number of benzene rings is 1. The Morgan fingerprint density at radius 3 is 2.20 bits per heavy atom. The lowest BCUT2D eigenvalue weighted by molar-refractivity contribution is -0.137. The van der Waals surface area contributed by atoms with Crippen LogP contribution in [0.3, 0.4) is 0 Å². The topological polar surface area (TPSA) is 72.2 Å². The summed E-state index contributed by atoms with van der Waals surface area (Å²) in [5, 5.41) is 0. The van der Waals surface area contributed by atoms with E-state index in [-0.39, 0.29) is 17.0 Å². The molecule has 0 bridgehead atoms. The molecule has 0 aromatic heterocycles. The van der Waals surface area contributed by atoms with E-state index in [2.05, 4.69) is 4.72 Å². The Labute approximate surface area is 115 Å². The normalized spacial score (nSPS) is 24.0. The smallest absolute Gasteiger partial charge is 0.326 e. The molecule has 1 saturated carbocycles. The Morgan fingerprint density at radius 1 is 1.15 bits per heavy atom. The van der Waals surface area contributed by atoms with E-state index < -0.39 is 21.8 Å². The first-order valence-corrected chi connectivity index (χ1v) is 7.63. The summed E-state index contributed by atoms with van der Waals surface area (Å²) in [6.45, 7) is 0. The van der Waals surface area contributed by atoms with Crippen molar-refractivity contribution in [3.8, 4) is 0 Å². The molecule has 1 aliphatic rings. The molecule has 2 atom stereocenters. The second-order valence-electron chi connectivity index (χ2n) is 4.84. The van der Waals surface area contributed by atoms with Crippen molar-refractivity contribution in [1.29, 1.82) is 0 Å². The summed E-state index contributed by atoms with van der Waals surface area (Å²) < 4.78 is 63.8. The van der Waals surface area contributed by atoms with Gasteiger partial charge in [0.2, 0.25) is 10.0 Å². The van der Waals surface area contributed by atoms with Crippen molar-refractivity contribution in [2.75, 3.05) is 0 Å². The molecule has 0 heterocycles. The highest BCUT2D eigenvalue weighted by Gasteiger charge is 2.32. The fourth-order valence-corrected chi connectivity index (χ4v) is 3.55. The Morgan fingerprint density at radius 2 is 1.75 bits per heavy atom. The van der Waals surface area contributed by atoms with Crippen LogP contribution < -0.4 is 10.5 Å². The zero-order valence-electron chi connectivity index (χ0n) is 10.5. The van der Waals surface area contributed by atoms with Gasteiger partial charge in [-0.1, -0.05) is 6.42 Å². The van der Waals surface area contributed by atoms with Gasteiger partial charge >= 0.3 is 6.18 Å². The molecule has 4 nitrogen and oxygen atoms in total. The predicted octanol–water partition coefficient (Wildman–Crippen LogP) is 1.86. The third kappa shape index (κ3) is 3.31. The third-order valence-corrected chi connectivity index (χ3v) is 4.87. The van der Waals surface area contributed by atoms with Crippen LogP contribution in [-0.4, -0.2) is 20.5 Å². The Bertz CT molecular complexity index is 569. The average Bonchev–Trinajstić information content (AvgIpc) is 2.73. The fraction of sp³-hybridized carbons (Fsp3) is 0.500. The van der Waals surface area contributed by atoms with E-state index in [1.165, 1.54) is 0 Å². The van der Waals surface area contributed by atoms with E-state index in [1.807, 2.05) is 0 Å². The molecule has 1 fully saturated rings. The van der Waals surface area contributed by atoms with E-state index in [0.29, 0.717) is 6.42 Å². The van der Waals surface area contributed by atoms with E-state index in [4.69, 9.17) is 5.73 Å². The molecule has 20 heavy (non-hydrogen) atoms. The van der Waals surface area contributed by atoms with Crippen LogP contribution >= 0.6 is 0 Å². The van der Waals surface area contributed by atoms with Gasteiger partial charge in [0.05, 0.1) is 10.5 Å². The van der Waals surface area contributed by atoms with Gasteiger partial charge in [0.15, 0.2) is 0 Å². The van der Waals surface area contributed by atoms with Gasteiger partial charge < -0.3 is 5.73 Å². The number of hydrogen-bond acceptors (Lipinski definition) is 3. The van der Waals surface area contributed by atoms with Crippen LogP contribution in [0.5, 0.6) is 0 Å². The summed E-state index contributed by atoms with van der Waals surface area (Å²) in [6.07, 6.45) is -2.27. The molecule has 3 N–H and O–H groups in total. The van der Waals surface area contributed by atoms with Gasteiger partial charge in [0.1, 0.15) is 0 Å². The number of rotatable bonds is 3. The lowest BCUT2D eigenvalue weighted by atomic mass is 10.2.